The van der Waals surface area contributed by atoms with Gasteiger partial charge in [0.05, 0.1) is 19.2 Å². The number of rotatable bonds is 9. The quantitative estimate of drug-likeness (QED) is 0.357. The van der Waals surface area contributed by atoms with Crippen LogP contribution in [0.15, 0.2) is 54.6 Å². The minimum Gasteiger partial charge on any atom is -0.484 e. The van der Waals surface area contributed by atoms with Crippen molar-refractivity contribution in [3.05, 3.63) is 65.7 Å². The van der Waals surface area contributed by atoms with Crippen LogP contribution in [0.3, 0.4) is 0 Å². The summed E-state index contributed by atoms with van der Waals surface area (Å²) in [6.45, 7) is 3.89. The van der Waals surface area contributed by atoms with Gasteiger partial charge in [-0.2, -0.15) is 0 Å². The lowest BCUT2D eigenvalue weighted by Gasteiger charge is -2.29. The summed E-state index contributed by atoms with van der Waals surface area (Å²) in [6, 6.07) is 14.1. The lowest BCUT2D eigenvalue weighted by Crippen LogP contribution is -2.56. The monoisotopic (exact) mass is 665 g/mol. The Kier molecular flexibility index (Phi) is 13.3. The van der Waals surface area contributed by atoms with Gasteiger partial charge in [-0.25, -0.2) is 0 Å². The van der Waals surface area contributed by atoms with E-state index in [0.29, 0.717) is 18.7 Å². The lowest BCUT2D eigenvalue weighted by atomic mass is 9.93. The van der Waals surface area contributed by atoms with Crippen molar-refractivity contribution in [1.82, 2.24) is 25.8 Å². The average molecular weight is 666 g/mol. The molecule has 0 spiro atoms. The third-order valence-electron chi connectivity index (χ3n) is 8.41. The molecule has 2 bridgehead atoms. The molecular weight excluding hydrogens is 618 g/mol. The number of amides is 5. The van der Waals surface area contributed by atoms with Crippen molar-refractivity contribution in [2.24, 2.45) is 5.92 Å². The fraction of sp³-hybridized carbons (Fsp3) is 0.514. The molecule has 4 atom stereocenters. The Morgan fingerprint density at radius 2 is 1.67 bits per heavy atom. The highest BCUT2D eigenvalue weighted by Crippen LogP contribution is 2.30. The number of nitrogens with one attached hydrogen (secondary N) is 3. The van der Waals surface area contributed by atoms with Crippen LogP contribution in [-0.2, 0) is 39.9 Å². The Bertz CT molecular complexity index is 1420. The number of likely N-dealkylation sites (tertiary alicyclic amines) is 1. The normalized spacial score (nSPS) is 22.6. The van der Waals surface area contributed by atoms with Crippen LogP contribution >= 0.6 is 0 Å². The first kappa shape index (κ1) is 36.3. The van der Waals surface area contributed by atoms with Crippen LogP contribution in [0.4, 0.5) is 0 Å². The summed E-state index contributed by atoms with van der Waals surface area (Å²) in [5.41, 5.74) is 1.63. The molecule has 0 radical (unpaired) electrons. The van der Waals surface area contributed by atoms with E-state index >= 15 is 0 Å². The maximum atomic E-state index is 14.0. The highest BCUT2D eigenvalue weighted by atomic mass is 16.5. The molecule has 3 N–H and O–H groups in total. The Hall–Kier alpha value is -4.49. The number of nitrogens with zero attached hydrogens (tertiary/aromatic N) is 2. The van der Waals surface area contributed by atoms with Gasteiger partial charge >= 0.3 is 0 Å². The third-order valence-corrected chi connectivity index (χ3v) is 8.41. The van der Waals surface area contributed by atoms with Crippen LogP contribution in [0.5, 0.6) is 5.75 Å². The summed E-state index contributed by atoms with van der Waals surface area (Å²) in [4.78, 5) is 70.4. The molecule has 0 unspecified atom stereocenters. The Morgan fingerprint density at radius 1 is 0.917 bits per heavy atom. The van der Waals surface area contributed by atoms with Gasteiger partial charge < -0.3 is 40.0 Å². The Labute approximate surface area is 281 Å². The van der Waals surface area contributed by atoms with Crippen LogP contribution in [0.1, 0.15) is 37.3 Å². The topological polar surface area (TPSA) is 156 Å². The van der Waals surface area contributed by atoms with Crippen molar-refractivity contribution in [3.63, 3.8) is 0 Å². The molecule has 0 aromatic heterocycles. The van der Waals surface area contributed by atoms with Gasteiger partial charge in [0, 0.05) is 46.2 Å². The average Bonchev–Trinajstić information content (AvgIpc) is 3.48. The van der Waals surface area contributed by atoms with Crippen LogP contribution < -0.4 is 20.7 Å². The molecule has 2 aliphatic rings. The summed E-state index contributed by atoms with van der Waals surface area (Å²) in [6.07, 6.45) is 0.537. The van der Waals surface area contributed by atoms with E-state index in [1.54, 1.807) is 23.1 Å². The maximum absolute atomic E-state index is 14.0. The van der Waals surface area contributed by atoms with Gasteiger partial charge in [0.1, 0.15) is 24.4 Å². The number of carbonyl (C=O) groups excluding carboxylic acids is 5. The molecule has 2 heterocycles. The summed E-state index contributed by atoms with van der Waals surface area (Å²) in [5, 5.41) is 8.76. The predicted octanol–water partition coefficient (Wildman–Crippen LogP) is 0.869. The summed E-state index contributed by atoms with van der Waals surface area (Å²) in [7, 11) is 2.94. The number of fused-ring (bicyclic) bond motifs is 4. The van der Waals surface area contributed by atoms with Gasteiger partial charge in [0.25, 0.3) is 5.91 Å². The molecule has 48 heavy (non-hydrogen) atoms. The van der Waals surface area contributed by atoms with Crippen molar-refractivity contribution < 1.29 is 38.2 Å². The molecule has 260 valence electrons. The predicted molar refractivity (Wildman–Crippen MR) is 177 cm³/mol. The highest BCUT2D eigenvalue weighted by Gasteiger charge is 2.39. The lowest BCUT2D eigenvalue weighted by molar-refractivity contribution is -0.141. The second-order valence-electron chi connectivity index (χ2n) is 12.6. The largest absolute Gasteiger partial charge is 0.484 e. The highest BCUT2D eigenvalue weighted by molar-refractivity contribution is 5.93. The molecule has 2 aliphatic heterocycles. The number of hydrogen-bond donors (Lipinski definition) is 3. The summed E-state index contributed by atoms with van der Waals surface area (Å²) < 4.78 is 16.2. The van der Waals surface area contributed by atoms with Gasteiger partial charge in [-0.3, -0.25) is 24.0 Å². The van der Waals surface area contributed by atoms with E-state index in [1.165, 1.54) is 19.1 Å². The minimum absolute atomic E-state index is 0.0569. The maximum Gasteiger partial charge on any atom is 0.258 e. The van der Waals surface area contributed by atoms with E-state index in [1.807, 2.05) is 50.2 Å². The second-order valence-corrected chi connectivity index (χ2v) is 12.6. The van der Waals surface area contributed by atoms with E-state index in [4.69, 9.17) is 14.2 Å². The zero-order valence-electron chi connectivity index (χ0n) is 28.1. The molecule has 4 rings (SSSR count). The van der Waals surface area contributed by atoms with Crippen LogP contribution in [0.25, 0.3) is 0 Å². The first-order valence-corrected chi connectivity index (χ1v) is 16.3. The number of benzene rings is 2. The fourth-order valence-corrected chi connectivity index (χ4v) is 6.06. The van der Waals surface area contributed by atoms with Gasteiger partial charge in [0.2, 0.25) is 23.6 Å². The van der Waals surface area contributed by atoms with Crippen molar-refractivity contribution in [2.75, 3.05) is 60.2 Å². The molecular formula is C35H47N5O8. The molecule has 1 saturated heterocycles. The molecule has 13 nitrogen and oxygen atoms in total. The van der Waals surface area contributed by atoms with E-state index in [0.717, 1.165) is 11.1 Å². The number of hydrogen-bond acceptors (Lipinski definition) is 8. The molecule has 0 saturated carbocycles. The van der Waals surface area contributed by atoms with Gasteiger partial charge in [0.15, 0.2) is 6.61 Å². The molecule has 2 aromatic carbocycles. The van der Waals surface area contributed by atoms with Crippen LogP contribution in [0, 0.1) is 5.92 Å². The number of ether oxygens (including phenoxy) is 3. The Morgan fingerprint density at radius 3 is 2.38 bits per heavy atom. The third kappa shape index (κ3) is 10.3. The van der Waals surface area contributed by atoms with E-state index in [-0.39, 0.29) is 63.6 Å². The minimum atomic E-state index is -0.983. The standard InChI is InChI=1S/C35H47N5O8/c1-23(2)15-29-35(45)39(13-14-46-3)20-31(41)36-28(16-24-9-6-5-7-10-24)34(44)38-30-19-40(33(43)22-47-4)18-27(30)25-11-8-12-26(17-25)48-21-32(42)37-29/h5-12,17,23,27-30H,13-16,18-22H2,1-4H3,(H,36,41)(H,37,42)(H,38,44)/t27-,28-,29+,30+/m0/s1. The Balaban J connectivity index is 1.71. The van der Waals surface area contributed by atoms with Crippen LogP contribution in [0.2, 0.25) is 0 Å². The molecule has 5 amide bonds. The molecule has 1 fully saturated rings. The van der Waals surface area contributed by atoms with E-state index in [9.17, 15) is 24.0 Å². The SMILES string of the molecule is COCCN1CC(=O)N[C@@H](Cc2ccccc2)C(=O)N[C@@H]2CN(C(=O)COC)C[C@H]2c2cccc(c2)OCC(=O)N[C@H](CC(C)C)C1=O. The number of methoxy groups -OCH3 is 2. The zero-order valence-corrected chi connectivity index (χ0v) is 28.1. The van der Waals surface area contributed by atoms with Gasteiger partial charge in [-0.15, -0.1) is 0 Å². The van der Waals surface area contributed by atoms with Crippen LogP contribution in [-0.4, -0.2) is 118 Å². The summed E-state index contributed by atoms with van der Waals surface area (Å²) in [5.74, 6) is -1.92. The van der Waals surface area contributed by atoms with Gasteiger partial charge in [-0.05, 0) is 35.6 Å². The molecule has 0 aliphatic carbocycles. The van der Waals surface area contributed by atoms with Crippen molar-refractivity contribution in [2.45, 2.75) is 50.7 Å². The smallest absolute Gasteiger partial charge is 0.258 e. The first-order valence-electron chi connectivity index (χ1n) is 16.3. The van der Waals surface area contributed by atoms with Crippen molar-refractivity contribution >= 4 is 29.5 Å². The van der Waals surface area contributed by atoms with Crippen molar-refractivity contribution in [1.29, 1.82) is 0 Å². The van der Waals surface area contributed by atoms with Crippen molar-refractivity contribution in [3.8, 4) is 5.75 Å². The first-order chi connectivity index (χ1) is 23.1. The molecule has 2 aromatic rings. The zero-order chi connectivity index (χ0) is 34.6. The summed E-state index contributed by atoms with van der Waals surface area (Å²) >= 11 is 0. The molecule has 13 heteroatoms. The number of carbonyl (C=O) groups is 5. The van der Waals surface area contributed by atoms with Gasteiger partial charge in [-0.1, -0.05) is 56.3 Å². The second kappa shape index (κ2) is 17.6. The van der Waals surface area contributed by atoms with E-state index < -0.39 is 41.8 Å². The fourth-order valence-electron chi connectivity index (χ4n) is 6.06. The van der Waals surface area contributed by atoms with E-state index in [2.05, 4.69) is 16.0 Å².